The van der Waals surface area contributed by atoms with Gasteiger partial charge in [-0.15, -0.1) is 0 Å². The number of hydrogen-bond donors (Lipinski definition) is 6. The van der Waals surface area contributed by atoms with Crippen molar-refractivity contribution in [3.05, 3.63) is 11.8 Å². The number of carboxylic acids is 1. The zero-order valence-electron chi connectivity index (χ0n) is 14.1. The highest BCUT2D eigenvalue weighted by molar-refractivity contribution is 5.87. The molecule has 2 heterocycles. The smallest absolute Gasteiger partial charge is 0.334 e. The molecular formula is C16H24O10. The minimum atomic E-state index is -1.60. The van der Waals surface area contributed by atoms with E-state index in [1.54, 1.807) is 6.92 Å². The first-order valence-corrected chi connectivity index (χ1v) is 8.49. The first-order valence-electron chi connectivity index (χ1n) is 8.49. The summed E-state index contributed by atoms with van der Waals surface area (Å²) < 4.78 is 16.3. The lowest BCUT2D eigenvalue weighted by molar-refractivity contribution is -0.342. The van der Waals surface area contributed by atoms with Crippen LogP contribution in [0, 0.1) is 17.8 Å². The fourth-order valence-electron chi connectivity index (χ4n) is 3.99. The fraction of sp³-hybridized carbons (Fsp3) is 0.812. The molecule has 5 unspecified atom stereocenters. The molecule has 0 aromatic carbocycles. The second-order valence-electron chi connectivity index (χ2n) is 7.06. The molecule has 26 heavy (non-hydrogen) atoms. The van der Waals surface area contributed by atoms with Crippen LogP contribution in [0.3, 0.4) is 0 Å². The van der Waals surface area contributed by atoms with Gasteiger partial charge >= 0.3 is 5.97 Å². The molecule has 0 aromatic heterocycles. The molecule has 2 aliphatic heterocycles. The number of ether oxygens (including phenoxy) is 3. The van der Waals surface area contributed by atoms with Gasteiger partial charge in [0.15, 0.2) is 6.29 Å². The number of aliphatic hydroxyl groups is 5. The highest BCUT2D eigenvalue weighted by Gasteiger charge is 2.53. The summed E-state index contributed by atoms with van der Waals surface area (Å²) in [5.74, 6) is -2.49. The molecule has 1 saturated carbocycles. The van der Waals surface area contributed by atoms with Crippen molar-refractivity contribution in [2.75, 3.05) is 6.61 Å². The Morgan fingerprint density at radius 3 is 2.50 bits per heavy atom. The van der Waals surface area contributed by atoms with E-state index < -0.39 is 67.5 Å². The van der Waals surface area contributed by atoms with Crippen LogP contribution in [0.2, 0.25) is 0 Å². The Hall–Kier alpha value is -1.27. The van der Waals surface area contributed by atoms with Crippen LogP contribution in [0.15, 0.2) is 11.8 Å². The van der Waals surface area contributed by atoms with Crippen molar-refractivity contribution < 1.29 is 49.6 Å². The molecule has 6 N–H and O–H groups in total. The summed E-state index contributed by atoms with van der Waals surface area (Å²) in [6.45, 7) is 1.15. The molecule has 0 bridgehead atoms. The van der Waals surface area contributed by atoms with E-state index >= 15 is 0 Å². The zero-order chi connectivity index (χ0) is 19.2. The predicted molar refractivity (Wildman–Crippen MR) is 82.2 cm³/mol. The number of carboxylic acid groups (broad SMARTS) is 1. The monoisotopic (exact) mass is 376 g/mol. The highest BCUT2D eigenvalue weighted by Crippen LogP contribution is 2.47. The van der Waals surface area contributed by atoms with E-state index in [0.29, 0.717) is 0 Å². The molecule has 148 valence electrons. The summed E-state index contributed by atoms with van der Waals surface area (Å²) in [6.07, 6.45) is -7.71. The molecule has 10 heteroatoms. The van der Waals surface area contributed by atoms with Crippen LogP contribution in [-0.2, 0) is 19.0 Å². The molecule has 0 aromatic rings. The zero-order valence-corrected chi connectivity index (χ0v) is 14.1. The first kappa shape index (κ1) is 19.5. The Morgan fingerprint density at radius 2 is 1.88 bits per heavy atom. The quantitative estimate of drug-likeness (QED) is 0.316. The molecular weight excluding hydrogens is 352 g/mol. The third-order valence-electron chi connectivity index (χ3n) is 5.58. The van der Waals surface area contributed by atoms with Gasteiger partial charge in [0.25, 0.3) is 0 Å². The maximum absolute atomic E-state index is 11.4. The Balaban J connectivity index is 1.79. The van der Waals surface area contributed by atoms with E-state index in [9.17, 15) is 35.4 Å². The van der Waals surface area contributed by atoms with Gasteiger partial charge in [0, 0.05) is 11.8 Å². The van der Waals surface area contributed by atoms with Crippen molar-refractivity contribution in [3.8, 4) is 0 Å². The van der Waals surface area contributed by atoms with Gasteiger partial charge in [-0.2, -0.15) is 0 Å². The minimum Gasteiger partial charge on any atom is -0.478 e. The number of hydrogen-bond acceptors (Lipinski definition) is 9. The number of aliphatic carboxylic acids is 1. The second kappa shape index (κ2) is 7.39. The third-order valence-corrected chi connectivity index (χ3v) is 5.58. The van der Waals surface area contributed by atoms with Crippen LogP contribution in [0.4, 0.5) is 0 Å². The lowest BCUT2D eigenvalue weighted by Gasteiger charge is -2.43. The first-order chi connectivity index (χ1) is 12.3. The predicted octanol–water partition coefficient (Wildman–Crippen LogP) is -2.24. The number of rotatable bonds is 4. The molecule has 0 spiro atoms. The Bertz CT molecular complexity index is 563. The lowest BCUT2D eigenvalue weighted by atomic mass is 9.83. The number of carbonyl (C=O) groups is 1. The molecule has 10 nitrogen and oxygen atoms in total. The van der Waals surface area contributed by atoms with Gasteiger partial charge in [-0.3, -0.25) is 0 Å². The molecule has 1 saturated heterocycles. The standard InChI is InChI=1S/C16H24O10/c1-5-8(18)2-6-7(14(22)23)4-24-15(10(5)6)26-16-13(21)12(20)11(19)9(3-17)25-16/h4-6,8-13,15-21H,2-3H2,1H3,(H,22,23)/t5?,6?,8?,9-,10?,11-,12-,13-,15?,16+/m1/s1. The summed E-state index contributed by atoms with van der Waals surface area (Å²) in [6, 6.07) is 0. The summed E-state index contributed by atoms with van der Waals surface area (Å²) in [5, 5.41) is 58.5. The van der Waals surface area contributed by atoms with E-state index in [1.165, 1.54) is 0 Å². The Morgan fingerprint density at radius 1 is 1.19 bits per heavy atom. The fourth-order valence-corrected chi connectivity index (χ4v) is 3.99. The van der Waals surface area contributed by atoms with Crippen molar-refractivity contribution in [3.63, 3.8) is 0 Å². The summed E-state index contributed by atoms with van der Waals surface area (Å²) in [4.78, 5) is 11.4. The summed E-state index contributed by atoms with van der Waals surface area (Å²) in [5.41, 5.74) is 0.0343. The maximum Gasteiger partial charge on any atom is 0.334 e. The number of fused-ring (bicyclic) bond motifs is 1. The Labute approximate surface area is 149 Å². The van der Waals surface area contributed by atoms with E-state index in [4.69, 9.17) is 14.2 Å². The largest absolute Gasteiger partial charge is 0.478 e. The van der Waals surface area contributed by atoms with E-state index in [-0.39, 0.29) is 17.9 Å². The van der Waals surface area contributed by atoms with E-state index in [2.05, 4.69) is 0 Å². The average Bonchev–Trinajstić information content (AvgIpc) is 2.90. The van der Waals surface area contributed by atoms with Gasteiger partial charge in [0.05, 0.1) is 24.5 Å². The normalized spacial score (nSPS) is 48.5. The van der Waals surface area contributed by atoms with Crippen molar-refractivity contribution in [1.82, 2.24) is 0 Å². The van der Waals surface area contributed by atoms with Crippen LogP contribution < -0.4 is 0 Å². The van der Waals surface area contributed by atoms with Crippen LogP contribution in [0.1, 0.15) is 13.3 Å². The molecule has 3 aliphatic rings. The van der Waals surface area contributed by atoms with Gasteiger partial charge in [-0.05, 0) is 12.3 Å². The second-order valence-corrected chi connectivity index (χ2v) is 7.06. The average molecular weight is 376 g/mol. The van der Waals surface area contributed by atoms with Gasteiger partial charge in [0.2, 0.25) is 6.29 Å². The van der Waals surface area contributed by atoms with Crippen LogP contribution in [-0.4, -0.2) is 86.3 Å². The van der Waals surface area contributed by atoms with Gasteiger partial charge in [-0.1, -0.05) is 6.92 Å². The topological polar surface area (TPSA) is 166 Å². The minimum absolute atomic E-state index is 0.0343. The van der Waals surface area contributed by atoms with E-state index in [0.717, 1.165) is 6.26 Å². The number of aliphatic hydroxyl groups excluding tert-OH is 5. The summed E-state index contributed by atoms with van der Waals surface area (Å²) >= 11 is 0. The van der Waals surface area contributed by atoms with Crippen molar-refractivity contribution in [2.24, 2.45) is 17.8 Å². The van der Waals surface area contributed by atoms with Crippen LogP contribution in [0.25, 0.3) is 0 Å². The molecule has 10 atom stereocenters. The highest BCUT2D eigenvalue weighted by atomic mass is 16.8. The van der Waals surface area contributed by atoms with Crippen molar-refractivity contribution in [2.45, 2.75) is 56.4 Å². The van der Waals surface area contributed by atoms with Crippen LogP contribution >= 0.6 is 0 Å². The molecule has 1 aliphatic carbocycles. The molecule has 0 radical (unpaired) electrons. The van der Waals surface area contributed by atoms with E-state index in [1.807, 2.05) is 0 Å². The van der Waals surface area contributed by atoms with Crippen LogP contribution in [0.5, 0.6) is 0 Å². The molecule has 2 fully saturated rings. The van der Waals surface area contributed by atoms with Crippen molar-refractivity contribution in [1.29, 1.82) is 0 Å². The SMILES string of the molecule is CC1C(O)CC2C(C(=O)O)=COC(O[C@@H]3O[C@H](CO)[C@@H](O)[C@@H](O)[C@H]3O)C21. The molecule has 0 amide bonds. The van der Waals surface area contributed by atoms with Crippen molar-refractivity contribution >= 4 is 5.97 Å². The van der Waals surface area contributed by atoms with Gasteiger partial charge in [0.1, 0.15) is 24.4 Å². The van der Waals surface area contributed by atoms with Gasteiger partial charge < -0.3 is 44.8 Å². The summed E-state index contributed by atoms with van der Waals surface area (Å²) in [7, 11) is 0. The maximum atomic E-state index is 11.4. The third kappa shape index (κ3) is 3.22. The molecule has 3 rings (SSSR count). The lowest BCUT2D eigenvalue weighted by Crippen LogP contribution is -2.60. The van der Waals surface area contributed by atoms with Gasteiger partial charge in [-0.25, -0.2) is 4.79 Å². The Kier molecular flexibility index (Phi) is 5.54.